The average molecular weight is 543 g/mol. The highest BCUT2D eigenvalue weighted by Crippen LogP contribution is 2.32. The van der Waals surface area contributed by atoms with E-state index < -0.39 is 112 Å². The number of aliphatic hydroxyl groups excluding tert-OH is 8. The minimum absolute atomic E-state index is 0.205. The fourth-order valence-electron chi connectivity index (χ4n) is 4.72. The predicted octanol–water partition coefficient (Wildman–Crippen LogP) is -3.59. The first kappa shape index (κ1) is 31.0. The molecule has 3 rings (SSSR count). The molecule has 37 heavy (non-hydrogen) atoms. The van der Waals surface area contributed by atoms with Crippen molar-refractivity contribution in [2.24, 2.45) is 11.8 Å². The highest BCUT2D eigenvalue weighted by Gasteiger charge is 2.51. The van der Waals surface area contributed by atoms with Crippen LogP contribution in [0.3, 0.4) is 0 Å². The van der Waals surface area contributed by atoms with Gasteiger partial charge in [0, 0.05) is 18.4 Å². The molecule has 0 aliphatic carbocycles. The Morgan fingerprint density at radius 3 is 1.62 bits per heavy atom. The maximum absolute atomic E-state index is 11.0. The van der Waals surface area contributed by atoms with Gasteiger partial charge in [0.2, 0.25) is 0 Å². The van der Waals surface area contributed by atoms with E-state index in [-0.39, 0.29) is 6.61 Å². The summed E-state index contributed by atoms with van der Waals surface area (Å²) >= 11 is 0. The lowest BCUT2D eigenvalue weighted by atomic mass is 9.90. The SMILES string of the molecule is CCCOC1OC(COC2OC(CO)C(C)C(O)C2O)C(O)C(OC2OC(CO)C(C)C(O)C2O)C1O. The minimum Gasteiger partial charge on any atom is -0.394 e. The molecule has 0 aromatic carbocycles. The van der Waals surface area contributed by atoms with Crippen molar-refractivity contribution in [3.8, 4) is 0 Å². The molecule has 3 fully saturated rings. The van der Waals surface area contributed by atoms with Crippen LogP contribution in [0.2, 0.25) is 0 Å². The van der Waals surface area contributed by atoms with Crippen LogP contribution in [-0.4, -0.2) is 147 Å². The Morgan fingerprint density at radius 2 is 1.08 bits per heavy atom. The maximum Gasteiger partial charge on any atom is 0.187 e. The van der Waals surface area contributed by atoms with Gasteiger partial charge in [-0.25, -0.2) is 0 Å². The highest BCUT2D eigenvalue weighted by molar-refractivity contribution is 4.94. The van der Waals surface area contributed by atoms with Gasteiger partial charge in [0.15, 0.2) is 18.9 Å². The third-order valence-corrected chi connectivity index (χ3v) is 7.33. The molecule has 0 bridgehead atoms. The van der Waals surface area contributed by atoms with Gasteiger partial charge in [-0.3, -0.25) is 0 Å². The molecule has 15 atom stereocenters. The van der Waals surface area contributed by atoms with Crippen LogP contribution in [0.15, 0.2) is 0 Å². The zero-order valence-electron chi connectivity index (χ0n) is 21.2. The van der Waals surface area contributed by atoms with E-state index in [1.165, 1.54) is 0 Å². The van der Waals surface area contributed by atoms with E-state index in [4.69, 9.17) is 28.4 Å². The second kappa shape index (κ2) is 13.7. The van der Waals surface area contributed by atoms with Crippen molar-refractivity contribution in [3.63, 3.8) is 0 Å². The van der Waals surface area contributed by atoms with Crippen molar-refractivity contribution < 1.29 is 69.3 Å². The van der Waals surface area contributed by atoms with Crippen molar-refractivity contribution in [2.75, 3.05) is 26.4 Å². The molecule has 15 unspecified atom stereocenters. The summed E-state index contributed by atoms with van der Waals surface area (Å²) in [6.07, 6.45) is -16.4. The first-order valence-corrected chi connectivity index (χ1v) is 12.7. The van der Waals surface area contributed by atoms with Crippen molar-refractivity contribution in [1.29, 1.82) is 0 Å². The Kier molecular flexibility index (Phi) is 11.4. The molecule has 3 saturated heterocycles. The number of hydrogen-bond donors (Lipinski definition) is 8. The Morgan fingerprint density at radius 1 is 0.595 bits per heavy atom. The third kappa shape index (κ3) is 6.78. The molecular formula is C23H42O14. The summed E-state index contributed by atoms with van der Waals surface area (Å²) in [7, 11) is 0. The van der Waals surface area contributed by atoms with Crippen LogP contribution in [-0.2, 0) is 28.4 Å². The average Bonchev–Trinajstić information content (AvgIpc) is 2.89. The normalized spacial score (nSPS) is 49.2. The number of ether oxygens (including phenoxy) is 6. The van der Waals surface area contributed by atoms with E-state index in [9.17, 15) is 40.9 Å². The highest BCUT2D eigenvalue weighted by atomic mass is 16.7. The molecule has 0 spiro atoms. The molecule has 3 heterocycles. The standard InChI is InChI=1S/C23H42O14/c1-4-5-32-22-19(31)20(37-23-18(30)15(27)10(3)12(7-25)35-23)16(28)13(36-22)8-33-21-17(29)14(26)9(2)11(6-24)34-21/h9-31H,4-8H2,1-3H3. The molecule has 0 amide bonds. The summed E-state index contributed by atoms with van der Waals surface area (Å²) in [5.41, 5.74) is 0. The van der Waals surface area contributed by atoms with Gasteiger partial charge in [-0.15, -0.1) is 0 Å². The van der Waals surface area contributed by atoms with Crippen LogP contribution in [0.5, 0.6) is 0 Å². The van der Waals surface area contributed by atoms with Gasteiger partial charge in [0.1, 0.15) is 36.6 Å². The van der Waals surface area contributed by atoms with Gasteiger partial charge in [-0.1, -0.05) is 20.8 Å². The molecular weight excluding hydrogens is 500 g/mol. The first-order chi connectivity index (χ1) is 17.5. The summed E-state index contributed by atoms with van der Waals surface area (Å²) in [6, 6.07) is 0. The molecule has 0 saturated carbocycles. The molecule has 3 aliphatic heterocycles. The van der Waals surface area contributed by atoms with Gasteiger partial charge in [0.05, 0.1) is 44.2 Å². The van der Waals surface area contributed by atoms with Gasteiger partial charge in [0.25, 0.3) is 0 Å². The van der Waals surface area contributed by atoms with Crippen LogP contribution < -0.4 is 0 Å². The zero-order valence-corrected chi connectivity index (χ0v) is 21.2. The minimum atomic E-state index is -1.56. The molecule has 0 aromatic rings. The predicted molar refractivity (Wildman–Crippen MR) is 122 cm³/mol. The van der Waals surface area contributed by atoms with Crippen molar-refractivity contribution in [2.45, 2.75) is 107 Å². The number of hydrogen-bond acceptors (Lipinski definition) is 14. The topological polar surface area (TPSA) is 217 Å². The largest absolute Gasteiger partial charge is 0.394 e. The third-order valence-electron chi connectivity index (χ3n) is 7.33. The van der Waals surface area contributed by atoms with Gasteiger partial charge < -0.3 is 69.3 Å². The Balaban J connectivity index is 1.73. The van der Waals surface area contributed by atoms with Crippen LogP contribution in [0.1, 0.15) is 27.2 Å². The number of aliphatic hydroxyl groups is 8. The maximum atomic E-state index is 11.0. The van der Waals surface area contributed by atoms with Crippen LogP contribution in [0, 0.1) is 11.8 Å². The zero-order chi connectivity index (χ0) is 27.4. The van der Waals surface area contributed by atoms with Crippen molar-refractivity contribution >= 4 is 0 Å². The van der Waals surface area contributed by atoms with E-state index in [0.717, 1.165) is 0 Å². The van der Waals surface area contributed by atoms with Crippen LogP contribution >= 0.6 is 0 Å². The summed E-state index contributed by atoms with van der Waals surface area (Å²) in [4.78, 5) is 0. The molecule has 0 radical (unpaired) electrons. The summed E-state index contributed by atoms with van der Waals surface area (Å²) < 4.78 is 33.7. The van der Waals surface area contributed by atoms with Gasteiger partial charge >= 0.3 is 0 Å². The first-order valence-electron chi connectivity index (χ1n) is 12.7. The second-order valence-electron chi connectivity index (χ2n) is 9.96. The molecule has 0 aromatic heterocycles. The summed E-state index contributed by atoms with van der Waals surface area (Å²) in [5.74, 6) is -1.16. The Labute approximate surface area is 215 Å². The second-order valence-corrected chi connectivity index (χ2v) is 9.96. The van der Waals surface area contributed by atoms with Crippen molar-refractivity contribution in [1.82, 2.24) is 0 Å². The smallest absolute Gasteiger partial charge is 0.187 e. The van der Waals surface area contributed by atoms with Crippen LogP contribution in [0.4, 0.5) is 0 Å². The Bertz CT molecular complexity index is 682. The summed E-state index contributed by atoms with van der Waals surface area (Å²) in [6.45, 7) is 3.99. The van der Waals surface area contributed by atoms with E-state index in [1.54, 1.807) is 13.8 Å². The van der Waals surface area contributed by atoms with Gasteiger partial charge in [-0.05, 0) is 6.42 Å². The molecule has 8 N–H and O–H groups in total. The monoisotopic (exact) mass is 542 g/mol. The Hall–Kier alpha value is -0.560. The van der Waals surface area contributed by atoms with Crippen LogP contribution in [0.25, 0.3) is 0 Å². The van der Waals surface area contributed by atoms with E-state index in [0.29, 0.717) is 6.42 Å². The lowest BCUT2D eigenvalue weighted by Gasteiger charge is -2.47. The van der Waals surface area contributed by atoms with E-state index in [1.807, 2.05) is 6.92 Å². The van der Waals surface area contributed by atoms with E-state index >= 15 is 0 Å². The molecule has 3 aliphatic rings. The fourth-order valence-corrected chi connectivity index (χ4v) is 4.72. The molecule has 14 heteroatoms. The van der Waals surface area contributed by atoms with Gasteiger partial charge in [-0.2, -0.15) is 0 Å². The lowest BCUT2D eigenvalue weighted by molar-refractivity contribution is -0.362. The summed E-state index contributed by atoms with van der Waals surface area (Å²) in [5, 5.41) is 82.3. The number of rotatable bonds is 10. The lowest BCUT2D eigenvalue weighted by Crippen LogP contribution is -2.64. The fraction of sp³-hybridized carbons (Fsp3) is 1.00. The van der Waals surface area contributed by atoms with Crippen molar-refractivity contribution in [3.05, 3.63) is 0 Å². The molecule has 14 nitrogen and oxygen atoms in total. The molecule has 218 valence electrons. The quantitative estimate of drug-likeness (QED) is 0.134. The van der Waals surface area contributed by atoms with E-state index in [2.05, 4.69) is 0 Å².